The van der Waals surface area contributed by atoms with E-state index in [1.54, 1.807) is 60.8 Å². The standard InChI is InChI=1S/C25H22N2O5/c1-3-32-17-8-6-7-16(14-17)23(29)21-22(18-9-4-5-12-26-18)27(25(31)24(21)30)19-13-15(2)10-11-20(19)28/h4-14,22,28-29H,3H2,1-2H3/b23-21+. The third-order valence-corrected chi connectivity index (χ3v) is 5.22. The molecule has 2 N–H and O–H groups in total. The third-order valence-electron chi connectivity index (χ3n) is 5.22. The van der Waals surface area contributed by atoms with Crippen LogP contribution in [0.25, 0.3) is 5.76 Å². The van der Waals surface area contributed by atoms with Gasteiger partial charge in [0.05, 0.1) is 23.6 Å². The Hall–Kier alpha value is -4.13. The van der Waals surface area contributed by atoms with Gasteiger partial charge in [-0.1, -0.05) is 24.3 Å². The summed E-state index contributed by atoms with van der Waals surface area (Å²) >= 11 is 0. The number of hydrogen-bond donors (Lipinski definition) is 2. The van der Waals surface area contributed by atoms with Crippen LogP contribution in [0.5, 0.6) is 11.5 Å². The number of aliphatic hydroxyl groups excluding tert-OH is 1. The molecule has 1 unspecified atom stereocenters. The lowest BCUT2D eigenvalue weighted by Crippen LogP contribution is -2.30. The van der Waals surface area contributed by atoms with E-state index in [1.807, 2.05) is 13.8 Å². The van der Waals surface area contributed by atoms with E-state index < -0.39 is 17.7 Å². The number of hydrogen-bond acceptors (Lipinski definition) is 6. The number of aromatic nitrogens is 1. The van der Waals surface area contributed by atoms with Crippen LogP contribution in [-0.2, 0) is 9.59 Å². The van der Waals surface area contributed by atoms with Gasteiger partial charge in [-0.05, 0) is 55.8 Å². The lowest BCUT2D eigenvalue weighted by Gasteiger charge is -2.25. The molecule has 7 heteroatoms. The first kappa shape index (κ1) is 21.1. The summed E-state index contributed by atoms with van der Waals surface area (Å²) in [5.74, 6) is -1.69. The molecule has 1 saturated heterocycles. The van der Waals surface area contributed by atoms with Crippen LogP contribution in [0.1, 0.15) is 29.8 Å². The van der Waals surface area contributed by atoms with Crippen LogP contribution < -0.4 is 9.64 Å². The molecule has 32 heavy (non-hydrogen) atoms. The Labute approximate surface area is 185 Å². The maximum Gasteiger partial charge on any atom is 0.300 e. The molecule has 1 amide bonds. The van der Waals surface area contributed by atoms with Crippen molar-refractivity contribution >= 4 is 23.1 Å². The number of amides is 1. The number of aliphatic hydroxyl groups is 1. The molecule has 1 aliphatic rings. The van der Waals surface area contributed by atoms with E-state index in [0.717, 1.165) is 5.56 Å². The van der Waals surface area contributed by atoms with Gasteiger partial charge in [0.15, 0.2) is 0 Å². The van der Waals surface area contributed by atoms with Crippen molar-refractivity contribution in [1.82, 2.24) is 4.98 Å². The largest absolute Gasteiger partial charge is 0.507 e. The minimum Gasteiger partial charge on any atom is -0.507 e. The fourth-order valence-electron chi connectivity index (χ4n) is 3.78. The average Bonchev–Trinajstić information content (AvgIpc) is 3.06. The Bertz CT molecular complexity index is 1220. The number of phenolic OH excluding ortho intramolecular Hbond substituents is 1. The molecular weight excluding hydrogens is 408 g/mol. The predicted octanol–water partition coefficient (Wildman–Crippen LogP) is 4.12. The van der Waals surface area contributed by atoms with Crippen LogP contribution >= 0.6 is 0 Å². The van der Waals surface area contributed by atoms with Crippen molar-refractivity contribution < 1.29 is 24.5 Å². The third kappa shape index (κ3) is 3.69. The van der Waals surface area contributed by atoms with Gasteiger partial charge in [0.2, 0.25) is 0 Å². The van der Waals surface area contributed by atoms with E-state index >= 15 is 0 Å². The lowest BCUT2D eigenvalue weighted by molar-refractivity contribution is -0.132. The molecular formula is C25H22N2O5. The monoisotopic (exact) mass is 430 g/mol. The normalized spacial score (nSPS) is 17.6. The van der Waals surface area contributed by atoms with Gasteiger partial charge >= 0.3 is 0 Å². The average molecular weight is 430 g/mol. The first-order valence-electron chi connectivity index (χ1n) is 10.2. The van der Waals surface area contributed by atoms with E-state index in [-0.39, 0.29) is 22.8 Å². The number of carbonyl (C=O) groups is 2. The van der Waals surface area contributed by atoms with Gasteiger partial charge in [-0.3, -0.25) is 19.5 Å². The smallest absolute Gasteiger partial charge is 0.300 e. The van der Waals surface area contributed by atoms with Gasteiger partial charge in [-0.25, -0.2) is 0 Å². The molecule has 1 fully saturated rings. The summed E-state index contributed by atoms with van der Waals surface area (Å²) in [6.45, 7) is 4.09. The zero-order valence-electron chi connectivity index (χ0n) is 17.6. The Kier molecular flexibility index (Phi) is 5.64. The van der Waals surface area contributed by atoms with Crippen LogP contribution in [-0.4, -0.2) is 33.5 Å². The zero-order chi connectivity index (χ0) is 22.8. The molecule has 2 heterocycles. The number of nitrogens with zero attached hydrogens (tertiary/aromatic N) is 2. The summed E-state index contributed by atoms with van der Waals surface area (Å²) in [5, 5.41) is 21.6. The van der Waals surface area contributed by atoms with Gasteiger partial charge in [-0.2, -0.15) is 0 Å². The fraction of sp³-hybridized carbons (Fsp3) is 0.160. The SMILES string of the molecule is CCOc1cccc(/C(O)=C2\C(=O)C(=O)N(c3cc(C)ccc3O)C2c2ccccn2)c1. The highest BCUT2D eigenvalue weighted by molar-refractivity contribution is 6.51. The van der Waals surface area contributed by atoms with Crippen molar-refractivity contribution in [3.8, 4) is 11.5 Å². The van der Waals surface area contributed by atoms with Gasteiger partial charge < -0.3 is 14.9 Å². The van der Waals surface area contributed by atoms with E-state index in [1.165, 1.54) is 11.0 Å². The second kappa shape index (κ2) is 8.55. The number of phenols is 1. The van der Waals surface area contributed by atoms with Crippen molar-refractivity contribution in [1.29, 1.82) is 0 Å². The maximum absolute atomic E-state index is 13.1. The van der Waals surface area contributed by atoms with E-state index in [0.29, 0.717) is 23.6 Å². The highest BCUT2D eigenvalue weighted by Gasteiger charge is 2.48. The highest BCUT2D eigenvalue weighted by atomic mass is 16.5. The molecule has 0 spiro atoms. The number of benzene rings is 2. The molecule has 1 aromatic heterocycles. The Morgan fingerprint density at radius 1 is 1.09 bits per heavy atom. The molecule has 0 radical (unpaired) electrons. The van der Waals surface area contributed by atoms with E-state index in [2.05, 4.69) is 4.98 Å². The summed E-state index contributed by atoms with van der Waals surface area (Å²) in [5.41, 5.74) is 1.58. The topological polar surface area (TPSA) is 100.0 Å². The number of aromatic hydroxyl groups is 1. The first-order valence-corrected chi connectivity index (χ1v) is 10.2. The molecule has 1 atom stereocenters. The molecule has 1 aliphatic heterocycles. The second-order valence-corrected chi connectivity index (χ2v) is 7.38. The van der Waals surface area contributed by atoms with Gasteiger partial charge in [0.1, 0.15) is 23.3 Å². The van der Waals surface area contributed by atoms with Crippen molar-refractivity contribution in [2.75, 3.05) is 11.5 Å². The maximum atomic E-state index is 13.1. The minimum atomic E-state index is -1.01. The predicted molar refractivity (Wildman–Crippen MR) is 119 cm³/mol. The van der Waals surface area contributed by atoms with Crippen LogP contribution in [0.4, 0.5) is 5.69 Å². The molecule has 0 saturated carbocycles. The molecule has 4 rings (SSSR count). The van der Waals surface area contributed by atoms with E-state index in [4.69, 9.17) is 4.74 Å². The molecule has 0 bridgehead atoms. The quantitative estimate of drug-likeness (QED) is 0.359. The summed E-state index contributed by atoms with van der Waals surface area (Å²) in [6, 6.07) is 15.5. The highest BCUT2D eigenvalue weighted by Crippen LogP contribution is 2.44. The molecule has 2 aromatic carbocycles. The molecule has 0 aliphatic carbocycles. The number of aryl methyl sites for hydroxylation is 1. The summed E-state index contributed by atoms with van der Waals surface area (Å²) < 4.78 is 5.50. The fourth-order valence-corrected chi connectivity index (χ4v) is 3.78. The number of rotatable bonds is 5. The number of ether oxygens (including phenoxy) is 1. The van der Waals surface area contributed by atoms with Crippen molar-refractivity contribution in [3.05, 3.63) is 89.3 Å². The number of pyridine rings is 1. The lowest BCUT2D eigenvalue weighted by atomic mass is 9.98. The zero-order valence-corrected chi connectivity index (χ0v) is 17.6. The number of Topliss-reactive ketones (excluding diaryl/α,β-unsaturated/α-hetero) is 1. The van der Waals surface area contributed by atoms with Gasteiger partial charge in [0.25, 0.3) is 11.7 Å². The Morgan fingerprint density at radius 3 is 2.62 bits per heavy atom. The van der Waals surface area contributed by atoms with Crippen LogP contribution in [0, 0.1) is 6.92 Å². The van der Waals surface area contributed by atoms with Crippen molar-refractivity contribution in [2.24, 2.45) is 0 Å². The van der Waals surface area contributed by atoms with Crippen LogP contribution in [0.3, 0.4) is 0 Å². The van der Waals surface area contributed by atoms with Crippen LogP contribution in [0.2, 0.25) is 0 Å². The molecule has 7 nitrogen and oxygen atoms in total. The number of carbonyl (C=O) groups excluding carboxylic acids is 2. The first-order chi connectivity index (χ1) is 15.4. The van der Waals surface area contributed by atoms with Gasteiger partial charge in [-0.15, -0.1) is 0 Å². The second-order valence-electron chi connectivity index (χ2n) is 7.38. The van der Waals surface area contributed by atoms with Crippen molar-refractivity contribution in [3.63, 3.8) is 0 Å². The molecule has 3 aromatic rings. The van der Waals surface area contributed by atoms with Crippen molar-refractivity contribution in [2.45, 2.75) is 19.9 Å². The van der Waals surface area contributed by atoms with E-state index in [9.17, 15) is 19.8 Å². The Balaban J connectivity index is 1.94. The van der Waals surface area contributed by atoms with Gasteiger partial charge in [0, 0.05) is 11.8 Å². The van der Waals surface area contributed by atoms with Crippen LogP contribution in [0.15, 0.2) is 72.4 Å². The molecule has 162 valence electrons. The summed E-state index contributed by atoms with van der Waals surface area (Å²) in [4.78, 5) is 31.8. The minimum absolute atomic E-state index is 0.108. The number of anilines is 1. The summed E-state index contributed by atoms with van der Waals surface area (Å²) in [6.07, 6.45) is 1.54. The number of ketones is 1. The Morgan fingerprint density at radius 2 is 1.91 bits per heavy atom. The summed E-state index contributed by atoms with van der Waals surface area (Å²) in [7, 11) is 0.